The zero-order chi connectivity index (χ0) is 10.6. The van der Waals surface area contributed by atoms with E-state index in [1.54, 1.807) is 19.1 Å². The third-order valence-electron chi connectivity index (χ3n) is 1.66. The third-order valence-corrected chi connectivity index (χ3v) is 2.39. The zero-order valence-electron chi connectivity index (χ0n) is 7.69. The van der Waals surface area contributed by atoms with Crippen molar-refractivity contribution in [3.8, 4) is 0 Å². The molecule has 0 heterocycles. The lowest BCUT2D eigenvalue weighted by Gasteiger charge is -2.05. The Hall–Kier alpha value is -1.20. The van der Waals surface area contributed by atoms with Crippen LogP contribution in [-0.4, -0.2) is 21.2 Å². The standard InChI is InChI=1S/C9H11NO3S/c1-2-10-9(11)7-5-3-4-6-8(7)14(12)13/h3-6H,2H2,1H3,(H,10,11)(H,12,13). The van der Waals surface area contributed by atoms with E-state index in [0.717, 1.165) is 0 Å². The van der Waals surface area contributed by atoms with Crippen molar-refractivity contribution >= 4 is 17.0 Å². The van der Waals surface area contributed by atoms with E-state index in [-0.39, 0.29) is 16.4 Å². The van der Waals surface area contributed by atoms with Gasteiger partial charge in [0.25, 0.3) is 5.91 Å². The normalized spacial score (nSPS) is 12.1. The topological polar surface area (TPSA) is 66.4 Å². The number of amides is 1. The number of benzene rings is 1. The van der Waals surface area contributed by atoms with Crippen LogP contribution < -0.4 is 5.32 Å². The molecule has 0 aliphatic carbocycles. The van der Waals surface area contributed by atoms with E-state index in [4.69, 9.17) is 4.55 Å². The van der Waals surface area contributed by atoms with Gasteiger partial charge in [0, 0.05) is 6.54 Å². The first kappa shape index (κ1) is 10.9. The largest absolute Gasteiger partial charge is 0.352 e. The highest BCUT2D eigenvalue weighted by Crippen LogP contribution is 2.11. The Labute approximate surface area is 84.6 Å². The quantitative estimate of drug-likeness (QED) is 0.736. The number of carbonyl (C=O) groups excluding carboxylic acids is 1. The second-order valence-electron chi connectivity index (χ2n) is 2.60. The molecule has 5 heteroatoms. The van der Waals surface area contributed by atoms with Crippen LogP contribution in [0, 0.1) is 0 Å². The molecule has 0 saturated carbocycles. The van der Waals surface area contributed by atoms with Gasteiger partial charge in [-0.2, -0.15) is 0 Å². The minimum absolute atomic E-state index is 0.137. The maximum atomic E-state index is 11.4. The van der Waals surface area contributed by atoms with Gasteiger partial charge in [-0.25, -0.2) is 4.21 Å². The van der Waals surface area contributed by atoms with E-state index in [2.05, 4.69) is 5.32 Å². The van der Waals surface area contributed by atoms with Gasteiger partial charge in [0.05, 0.1) is 10.5 Å². The molecule has 0 fully saturated rings. The Morgan fingerprint density at radius 3 is 2.71 bits per heavy atom. The van der Waals surface area contributed by atoms with E-state index in [0.29, 0.717) is 6.54 Å². The van der Waals surface area contributed by atoms with Gasteiger partial charge in [-0.05, 0) is 19.1 Å². The average Bonchev–Trinajstić information content (AvgIpc) is 2.18. The van der Waals surface area contributed by atoms with Crippen LogP contribution in [-0.2, 0) is 11.1 Å². The van der Waals surface area contributed by atoms with Crippen LogP contribution in [0.5, 0.6) is 0 Å². The molecule has 2 N–H and O–H groups in total. The van der Waals surface area contributed by atoms with Gasteiger partial charge in [-0.15, -0.1) is 0 Å². The number of nitrogens with one attached hydrogen (secondary N) is 1. The summed E-state index contributed by atoms with van der Waals surface area (Å²) in [7, 11) is 0. The molecule has 1 atom stereocenters. The number of hydrogen-bond donors (Lipinski definition) is 2. The van der Waals surface area contributed by atoms with Crippen LogP contribution in [0.4, 0.5) is 0 Å². The fourth-order valence-electron chi connectivity index (χ4n) is 1.06. The molecule has 0 saturated heterocycles. The van der Waals surface area contributed by atoms with Crippen LogP contribution in [0.25, 0.3) is 0 Å². The summed E-state index contributed by atoms with van der Waals surface area (Å²) in [5.41, 5.74) is 0.246. The smallest absolute Gasteiger partial charge is 0.252 e. The molecule has 1 aromatic carbocycles. The summed E-state index contributed by atoms with van der Waals surface area (Å²) in [5, 5.41) is 2.57. The predicted molar refractivity (Wildman–Crippen MR) is 53.5 cm³/mol. The average molecular weight is 213 g/mol. The minimum atomic E-state index is -2.13. The Kier molecular flexibility index (Phi) is 3.79. The highest BCUT2D eigenvalue weighted by atomic mass is 32.2. The molecule has 0 aromatic heterocycles. The SMILES string of the molecule is CCNC(=O)c1ccccc1S(=O)O. The summed E-state index contributed by atoms with van der Waals surface area (Å²) in [6, 6.07) is 6.25. The van der Waals surface area contributed by atoms with Crippen LogP contribution in [0.2, 0.25) is 0 Å². The Bertz CT molecular complexity index is 365. The summed E-state index contributed by atoms with van der Waals surface area (Å²) in [4.78, 5) is 11.6. The van der Waals surface area contributed by atoms with Crippen molar-refractivity contribution in [3.05, 3.63) is 29.8 Å². The first-order valence-electron chi connectivity index (χ1n) is 4.15. The molecular formula is C9H11NO3S. The highest BCUT2D eigenvalue weighted by Gasteiger charge is 2.12. The maximum Gasteiger partial charge on any atom is 0.252 e. The summed E-state index contributed by atoms with van der Waals surface area (Å²) in [6.07, 6.45) is 0. The van der Waals surface area contributed by atoms with Gasteiger partial charge < -0.3 is 9.87 Å². The molecule has 0 spiro atoms. The molecule has 1 unspecified atom stereocenters. The molecule has 76 valence electrons. The van der Waals surface area contributed by atoms with Crippen molar-refractivity contribution in [1.82, 2.24) is 5.32 Å². The summed E-state index contributed by atoms with van der Waals surface area (Å²) >= 11 is -2.13. The molecule has 0 bridgehead atoms. The monoisotopic (exact) mass is 213 g/mol. The van der Waals surface area contributed by atoms with Crippen LogP contribution in [0.1, 0.15) is 17.3 Å². The van der Waals surface area contributed by atoms with Crippen molar-refractivity contribution in [2.75, 3.05) is 6.54 Å². The van der Waals surface area contributed by atoms with Crippen LogP contribution >= 0.6 is 0 Å². The first-order valence-corrected chi connectivity index (χ1v) is 5.25. The summed E-state index contributed by atoms with van der Waals surface area (Å²) < 4.78 is 19.8. The molecule has 1 aromatic rings. The van der Waals surface area contributed by atoms with Crippen molar-refractivity contribution in [1.29, 1.82) is 0 Å². The summed E-state index contributed by atoms with van der Waals surface area (Å²) in [5.74, 6) is -0.328. The number of rotatable bonds is 3. The van der Waals surface area contributed by atoms with E-state index >= 15 is 0 Å². The summed E-state index contributed by atoms with van der Waals surface area (Å²) in [6.45, 7) is 2.28. The number of hydrogen-bond acceptors (Lipinski definition) is 2. The van der Waals surface area contributed by atoms with Crippen molar-refractivity contribution in [2.24, 2.45) is 0 Å². The van der Waals surface area contributed by atoms with Crippen molar-refractivity contribution < 1.29 is 13.6 Å². The fraction of sp³-hybridized carbons (Fsp3) is 0.222. The van der Waals surface area contributed by atoms with Gasteiger partial charge >= 0.3 is 0 Å². The lowest BCUT2D eigenvalue weighted by atomic mass is 10.2. The lowest BCUT2D eigenvalue weighted by molar-refractivity contribution is 0.0952. The van der Waals surface area contributed by atoms with Crippen LogP contribution in [0.3, 0.4) is 0 Å². The molecule has 1 rings (SSSR count). The van der Waals surface area contributed by atoms with Crippen molar-refractivity contribution in [2.45, 2.75) is 11.8 Å². The lowest BCUT2D eigenvalue weighted by Crippen LogP contribution is -2.23. The molecule has 4 nitrogen and oxygen atoms in total. The second kappa shape index (κ2) is 4.88. The highest BCUT2D eigenvalue weighted by molar-refractivity contribution is 7.79. The first-order chi connectivity index (χ1) is 6.66. The zero-order valence-corrected chi connectivity index (χ0v) is 8.50. The van der Waals surface area contributed by atoms with Gasteiger partial charge in [0.15, 0.2) is 11.1 Å². The molecular weight excluding hydrogens is 202 g/mol. The van der Waals surface area contributed by atoms with E-state index in [1.807, 2.05) is 0 Å². The van der Waals surface area contributed by atoms with Gasteiger partial charge in [-0.1, -0.05) is 12.1 Å². The van der Waals surface area contributed by atoms with E-state index in [9.17, 15) is 9.00 Å². The van der Waals surface area contributed by atoms with Crippen molar-refractivity contribution in [3.63, 3.8) is 0 Å². The van der Waals surface area contributed by atoms with Crippen LogP contribution in [0.15, 0.2) is 29.2 Å². The minimum Gasteiger partial charge on any atom is -0.352 e. The second-order valence-corrected chi connectivity index (χ2v) is 3.54. The molecule has 14 heavy (non-hydrogen) atoms. The van der Waals surface area contributed by atoms with E-state index < -0.39 is 11.1 Å². The maximum absolute atomic E-state index is 11.4. The van der Waals surface area contributed by atoms with Gasteiger partial charge in [0.1, 0.15) is 0 Å². The number of carbonyl (C=O) groups is 1. The Balaban J connectivity index is 3.07. The molecule has 1 amide bonds. The predicted octanol–water partition coefficient (Wildman–Crippen LogP) is 1.02. The molecule has 0 aliphatic rings. The molecule has 0 aliphatic heterocycles. The Morgan fingerprint density at radius 2 is 2.14 bits per heavy atom. The Morgan fingerprint density at radius 1 is 1.50 bits per heavy atom. The van der Waals surface area contributed by atoms with Gasteiger partial charge in [0.2, 0.25) is 0 Å². The molecule has 0 radical (unpaired) electrons. The van der Waals surface area contributed by atoms with E-state index in [1.165, 1.54) is 12.1 Å². The van der Waals surface area contributed by atoms with Gasteiger partial charge in [-0.3, -0.25) is 4.79 Å². The fourth-order valence-corrected chi connectivity index (χ4v) is 1.61. The third kappa shape index (κ3) is 2.40.